The van der Waals surface area contributed by atoms with E-state index in [1.54, 1.807) is 37.3 Å². The fraction of sp³-hybridized carbons (Fsp3) is 0.348. The molecule has 0 aromatic heterocycles. The van der Waals surface area contributed by atoms with Gasteiger partial charge in [-0.15, -0.1) is 0 Å². The maximum absolute atomic E-state index is 13.6. The number of hydrogen-bond acceptors (Lipinski definition) is 4. The number of methoxy groups -OCH3 is 1. The summed E-state index contributed by atoms with van der Waals surface area (Å²) >= 11 is 0. The topological polar surface area (TPSA) is 56.8 Å². The van der Waals surface area contributed by atoms with Crippen molar-refractivity contribution in [1.82, 2.24) is 5.32 Å². The van der Waals surface area contributed by atoms with Crippen LogP contribution in [0.25, 0.3) is 6.08 Å². The van der Waals surface area contributed by atoms with E-state index in [0.29, 0.717) is 5.56 Å². The van der Waals surface area contributed by atoms with Crippen molar-refractivity contribution in [3.8, 4) is 5.75 Å². The maximum atomic E-state index is 13.6. The van der Waals surface area contributed by atoms with E-state index in [1.807, 2.05) is 6.07 Å². The number of amides is 1. The van der Waals surface area contributed by atoms with Gasteiger partial charge < -0.3 is 19.5 Å². The molecule has 2 aromatic carbocycles. The Kier molecular flexibility index (Phi) is 8.65. The van der Waals surface area contributed by atoms with Crippen LogP contribution in [0.15, 0.2) is 54.6 Å². The van der Waals surface area contributed by atoms with E-state index in [4.69, 9.17) is 14.2 Å². The first kappa shape index (κ1) is 24.4. The van der Waals surface area contributed by atoms with Crippen molar-refractivity contribution in [3.63, 3.8) is 0 Å². The second-order valence-electron chi connectivity index (χ2n) is 7.21. The molecule has 0 aliphatic carbocycles. The molecule has 31 heavy (non-hydrogen) atoms. The first-order valence-corrected chi connectivity index (χ1v) is 9.55. The minimum atomic E-state index is -4.58. The number of carbonyl (C=O) groups is 1. The zero-order chi connectivity index (χ0) is 22.9. The number of hydrogen-bond donors (Lipinski definition) is 1. The lowest BCUT2D eigenvalue weighted by Crippen LogP contribution is -2.47. The molecule has 1 amide bonds. The molecular weight excluding hydrogens is 411 g/mol. The highest BCUT2D eigenvalue weighted by Crippen LogP contribution is 2.37. The number of ether oxygens (including phenoxy) is 3. The van der Waals surface area contributed by atoms with E-state index < -0.39 is 17.3 Å². The van der Waals surface area contributed by atoms with Gasteiger partial charge in [-0.1, -0.05) is 48.6 Å². The SMILES string of the molecule is COCOCC(C)(C=Cc1ccc(OCc2ccccc2)c(C(F)(F)F)c1)NC(C)=O. The molecule has 2 aromatic rings. The zero-order valence-corrected chi connectivity index (χ0v) is 17.7. The number of benzene rings is 2. The van der Waals surface area contributed by atoms with Crippen molar-refractivity contribution in [3.05, 3.63) is 71.3 Å². The molecule has 0 saturated carbocycles. The van der Waals surface area contributed by atoms with Gasteiger partial charge in [0, 0.05) is 14.0 Å². The van der Waals surface area contributed by atoms with Gasteiger partial charge in [-0.2, -0.15) is 13.2 Å². The van der Waals surface area contributed by atoms with Gasteiger partial charge >= 0.3 is 6.18 Å². The summed E-state index contributed by atoms with van der Waals surface area (Å²) in [5.74, 6) is -0.546. The number of nitrogens with one attached hydrogen (secondary N) is 1. The minimum Gasteiger partial charge on any atom is -0.488 e. The van der Waals surface area contributed by atoms with Crippen LogP contribution in [0.2, 0.25) is 0 Å². The number of alkyl halides is 3. The van der Waals surface area contributed by atoms with Crippen LogP contribution >= 0.6 is 0 Å². The smallest absolute Gasteiger partial charge is 0.419 e. The van der Waals surface area contributed by atoms with Crippen molar-refractivity contribution < 1.29 is 32.2 Å². The molecule has 0 fully saturated rings. The summed E-state index contributed by atoms with van der Waals surface area (Å²) < 4.78 is 56.4. The molecule has 0 saturated heterocycles. The average Bonchev–Trinajstić information content (AvgIpc) is 2.71. The standard InChI is InChI=1S/C23H26F3NO4/c1-17(28)27-22(2,15-30-16-29-3)12-11-18-9-10-21(20(13-18)23(24,25)26)31-14-19-7-5-4-6-8-19/h4-13H,14-16H2,1-3H3,(H,27,28). The molecule has 0 bridgehead atoms. The van der Waals surface area contributed by atoms with E-state index in [9.17, 15) is 18.0 Å². The predicted octanol–water partition coefficient (Wildman–Crippen LogP) is 4.81. The summed E-state index contributed by atoms with van der Waals surface area (Å²) in [5.41, 5.74) is -0.725. The summed E-state index contributed by atoms with van der Waals surface area (Å²) in [4.78, 5) is 11.5. The van der Waals surface area contributed by atoms with Gasteiger partial charge in [0.15, 0.2) is 0 Å². The van der Waals surface area contributed by atoms with Gasteiger partial charge in [-0.3, -0.25) is 4.79 Å². The largest absolute Gasteiger partial charge is 0.488 e. The number of rotatable bonds is 10. The van der Waals surface area contributed by atoms with Gasteiger partial charge in [0.05, 0.1) is 17.7 Å². The summed E-state index contributed by atoms with van der Waals surface area (Å²) in [7, 11) is 1.46. The fourth-order valence-electron chi connectivity index (χ4n) is 2.88. The number of halogens is 3. The number of carbonyl (C=O) groups excluding carboxylic acids is 1. The Bertz CT molecular complexity index is 884. The lowest BCUT2D eigenvalue weighted by Gasteiger charge is -2.26. The summed E-state index contributed by atoms with van der Waals surface area (Å²) in [6.45, 7) is 3.18. The van der Waals surface area contributed by atoms with Crippen LogP contribution < -0.4 is 10.1 Å². The van der Waals surface area contributed by atoms with E-state index in [-0.39, 0.29) is 31.7 Å². The highest BCUT2D eigenvalue weighted by molar-refractivity contribution is 5.74. The highest BCUT2D eigenvalue weighted by atomic mass is 19.4. The van der Waals surface area contributed by atoms with Crippen molar-refractivity contribution >= 4 is 12.0 Å². The van der Waals surface area contributed by atoms with Crippen molar-refractivity contribution in [2.75, 3.05) is 20.5 Å². The summed E-state index contributed by atoms with van der Waals surface area (Å²) in [5, 5.41) is 2.73. The molecule has 1 N–H and O–H groups in total. The molecular formula is C23H26F3NO4. The van der Waals surface area contributed by atoms with E-state index >= 15 is 0 Å². The normalized spacial score (nSPS) is 13.7. The molecule has 168 valence electrons. The summed E-state index contributed by atoms with van der Waals surface area (Å²) in [6.07, 6.45) is -1.50. The molecule has 1 unspecified atom stereocenters. The Morgan fingerprint density at radius 1 is 1.13 bits per heavy atom. The Morgan fingerprint density at radius 2 is 1.84 bits per heavy atom. The van der Waals surface area contributed by atoms with Crippen LogP contribution in [-0.2, 0) is 27.1 Å². The van der Waals surface area contributed by atoms with Crippen LogP contribution in [0.1, 0.15) is 30.5 Å². The van der Waals surface area contributed by atoms with Gasteiger partial charge in [0.2, 0.25) is 5.91 Å². The van der Waals surface area contributed by atoms with Crippen molar-refractivity contribution in [1.29, 1.82) is 0 Å². The lowest BCUT2D eigenvalue weighted by molar-refractivity contribution is -0.139. The molecule has 0 aliphatic heterocycles. The Labute approximate surface area is 179 Å². The van der Waals surface area contributed by atoms with Crippen LogP contribution in [0.3, 0.4) is 0 Å². The second kappa shape index (κ2) is 11.0. The first-order chi connectivity index (χ1) is 14.6. The van der Waals surface area contributed by atoms with E-state index in [0.717, 1.165) is 11.6 Å². The van der Waals surface area contributed by atoms with Gasteiger partial charge in [-0.25, -0.2) is 0 Å². The quantitative estimate of drug-likeness (QED) is 0.428. The van der Waals surface area contributed by atoms with Crippen LogP contribution in [0, 0.1) is 0 Å². The van der Waals surface area contributed by atoms with Gasteiger partial charge in [-0.05, 0) is 30.2 Å². The molecule has 1 atom stereocenters. The average molecular weight is 437 g/mol. The van der Waals surface area contributed by atoms with Gasteiger partial charge in [0.1, 0.15) is 19.1 Å². The third kappa shape index (κ3) is 8.07. The second-order valence-corrected chi connectivity index (χ2v) is 7.21. The monoisotopic (exact) mass is 437 g/mol. The Hall–Kier alpha value is -2.84. The Balaban J connectivity index is 2.24. The third-order valence-corrected chi connectivity index (χ3v) is 4.25. The van der Waals surface area contributed by atoms with Crippen molar-refractivity contribution in [2.24, 2.45) is 0 Å². The molecule has 0 aliphatic rings. The van der Waals surface area contributed by atoms with Gasteiger partial charge in [0.25, 0.3) is 0 Å². The Morgan fingerprint density at radius 3 is 2.45 bits per heavy atom. The lowest BCUT2D eigenvalue weighted by atomic mass is 10.0. The minimum absolute atomic E-state index is 0.0225. The molecule has 0 heterocycles. The molecule has 5 nitrogen and oxygen atoms in total. The fourth-order valence-corrected chi connectivity index (χ4v) is 2.88. The highest BCUT2D eigenvalue weighted by Gasteiger charge is 2.34. The molecule has 0 spiro atoms. The van der Waals surface area contributed by atoms with Crippen LogP contribution in [0.4, 0.5) is 13.2 Å². The van der Waals surface area contributed by atoms with E-state index in [2.05, 4.69) is 5.32 Å². The predicted molar refractivity (Wildman–Crippen MR) is 111 cm³/mol. The molecule has 8 heteroatoms. The first-order valence-electron chi connectivity index (χ1n) is 9.55. The third-order valence-electron chi connectivity index (χ3n) is 4.25. The maximum Gasteiger partial charge on any atom is 0.419 e. The molecule has 0 radical (unpaired) electrons. The summed E-state index contributed by atoms with van der Waals surface area (Å²) in [6, 6.07) is 12.8. The van der Waals surface area contributed by atoms with Crippen LogP contribution in [0.5, 0.6) is 5.75 Å². The van der Waals surface area contributed by atoms with Crippen molar-refractivity contribution in [2.45, 2.75) is 32.2 Å². The molecule has 2 rings (SSSR count). The van der Waals surface area contributed by atoms with Crippen LogP contribution in [-0.4, -0.2) is 32.0 Å². The van der Waals surface area contributed by atoms with E-state index in [1.165, 1.54) is 32.2 Å². The zero-order valence-electron chi connectivity index (χ0n) is 17.7.